The first-order chi connectivity index (χ1) is 17.7. The molecule has 8 nitrogen and oxygen atoms in total. The van der Waals surface area contributed by atoms with E-state index in [0.717, 1.165) is 31.6 Å². The Labute approximate surface area is 212 Å². The summed E-state index contributed by atoms with van der Waals surface area (Å²) < 4.78 is 40.1. The minimum Gasteiger partial charge on any atom is -0.331 e. The molecule has 2 aromatic carbocycles. The number of benzene rings is 2. The lowest BCUT2D eigenvalue weighted by molar-refractivity contribution is 0.262. The van der Waals surface area contributed by atoms with Gasteiger partial charge in [-0.1, -0.05) is 35.9 Å². The van der Waals surface area contributed by atoms with Crippen molar-refractivity contribution in [2.45, 2.75) is 26.8 Å². The largest absolute Gasteiger partial charge is 0.331 e. The lowest BCUT2D eigenvalue weighted by Gasteiger charge is -2.21. The molecule has 3 rings (SSSR count). The van der Waals surface area contributed by atoms with Crippen molar-refractivity contribution in [3.8, 4) is 11.1 Å². The number of carbonyl (C=O) groups excluding carboxylic acids is 1. The third kappa shape index (κ3) is 8.02. The van der Waals surface area contributed by atoms with Gasteiger partial charge >= 0.3 is 6.03 Å². The van der Waals surface area contributed by atoms with Crippen LogP contribution in [0.15, 0.2) is 59.0 Å². The van der Waals surface area contributed by atoms with Gasteiger partial charge < -0.3 is 16.0 Å². The number of nitrogens with zero attached hydrogens (tertiary/aromatic N) is 2. The molecule has 0 saturated heterocycles. The van der Waals surface area contributed by atoms with Crippen LogP contribution in [0, 0.1) is 17.5 Å². The molecule has 5 N–H and O–H groups in total. The lowest BCUT2D eigenvalue weighted by atomic mass is 10.1. The minimum absolute atomic E-state index is 0.208. The summed E-state index contributed by atoms with van der Waals surface area (Å²) in [5, 5.41) is 4.25. The fourth-order valence-corrected chi connectivity index (χ4v) is 3.46. The average Bonchev–Trinajstić information content (AvgIpc) is 2.85. The number of nitrogens with one attached hydrogen (secondary N) is 3. The Bertz CT molecular complexity index is 1320. The number of aromatic nitrogens is 2. The highest BCUT2D eigenvalue weighted by Crippen LogP contribution is 2.19. The molecule has 1 aromatic heterocycles. The van der Waals surface area contributed by atoms with Crippen LogP contribution in [0.1, 0.15) is 25.8 Å². The van der Waals surface area contributed by atoms with Crippen LogP contribution in [0.3, 0.4) is 0 Å². The molecule has 1 heterocycles. The van der Waals surface area contributed by atoms with E-state index in [2.05, 4.69) is 40.1 Å². The summed E-state index contributed by atoms with van der Waals surface area (Å²) in [4.78, 5) is 33.4. The Hall–Kier alpha value is -3.96. The fourth-order valence-electron chi connectivity index (χ4n) is 3.46. The molecule has 0 saturated carbocycles. The molecule has 0 radical (unpaired) electrons. The van der Waals surface area contributed by atoms with Crippen molar-refractivity contribution >= 4 is 17.7 Å². The monoisotopic (exact) mass is 514 g/mol. The zero-order valence-electron chi connectivity index (χ0n) is 20.6. The second-order valence-corrected chi connectivity index (χ2v) is 8.65. The highest BCUT2D eigenvalue weighted by atomic mass is 19.2. The number of urea groups is 1. The van der Waals surface area contributed by atoms with Gasteiger partial charge in [-0.05, 0) is 37.9 Å². The quantitative estimate of drug-likeness (QED) is 0.233. The van der Waals surface area contributed by atoms with Gasteiger partial charge in [0.05, 0.1) is 11.3 Å². The number of H-pyrrole nitrogens is 1. The van der Waals surface area contributed by atoms with E-state index in [0.29, 0.717) is 24.2 Å². The highest BCUT2D eigenvalue weighted by Gasteiger charge is 2.14. The first kappa shape index (κ1) is 27.6. The molecule has 0 atom stereocenters. The van der Waals surface area contributed by atoms with E-state index in [-0.39, 0.29) is 11.5 Å². The molecule has 196 valence electrons. The number of hydrogen-bond acceptors (Lipinski definition) is 5. The van der Waals surface area contributed by atoms with Gasteiger partial charge in [-0.3, -0.25) is 15.0 Å². The second-order valence-electron chi connectivity index (χ2n) is 8.65. The summed E-state index contributed by atoms with van der Waals surface area (Å²) in [5.74, 6) is -4.07. The van der Waals surface area contributed by atoms with Crippen LogP contribution in [0.4, 0.5) is 29.6 Å². The summed E-state index contributed by atoms with van der Waals surface area (Å²) in [7, 11) is 0. The Balaban J connectivity index is 1.66. The van der Waals surface area contributed by atoms with Gasteiger partial charge in [0, 0.05) is 38.0 Å². The zero-order chi connectivity index (χ0) is 26.9. The van der Waals surface area contributed by atoms with E-state index in [4.69, 9.17) is 5.73 Å². The SMILES string of the molecule is CC(C)=CCN(CCCN)Cc1ccc(-c2c[nH]c(NC(=O)Nc3cc(F)c(F)cc3F)nc2=O)cc1. The van der Waals surface area contributed by atoms with Gasteiger partial charge in [0.15, 0.2) is 11.6 Å². The highest BCUT2D eigenvalue weighted by molar-refractivity contribution is 5.98. The van der Waals surface area contributed by atoms with Gasteiger partial charge in [0.2, 0.25) is 5.95 Å². The first-order valence-electron chi connectivity index (χ1n) is 11.6. The predicted octanol–water partition coefficient (Wildman–Crippen LogP) is 4.62. The molecule has 0 aliphatic rings. The number of rotatable bonds is 10. The normalized spacial score (nSPS) is 10.9. The van der Waals surface area contributed by atoms with Gasteiger partial charge in [0.25, 0.3) is 5.56 Å². The maximum absolute atomic E-state index is 13.7. The van der Waals surface area contributed by atoms with Crippen molar-refractivity contribution in [1.82, 2.24) is 14.9 Å². The van der Waals surface area contributed by atoms with Crippen LogP contribution in [-0.2, 0) is 6.54 Å². The van der Waals surface area contributed by atoms with Gasteiger partial charge in [-0.2, -0.15) is 4.98 Å². The standard InChI is InChI=1S/C26H29F3N6O2/c1-16(2)8-11-35(10-3-9-30)15-17-4-6-18(7-5-17)19-14-31-25(33-24(19)36)34-26(37)32-23-13-21(28)20(27)12-22(23)29/h4-8,12-14H,3,9-11,15,30H2,1-2H3,(H3,31,32,33,34,36,37). The van der Waals surface area contributed by atoms with Crippen LogP contribution >= 0.6 is 0 Å². The van der Waals surface area contributed by atoms with Crippen molar-refractivity contribution in [3.05, 3.63) is 87.6 Å². The van der Waals surface area contributed by atoms with E-state index in [1.807, 2.05) is 29.6 Å². The van der Waals surface area contributed by atoms with Crippen molar-refractivity contribution in [1.29, 1.82) is 0 Å². The molecule has 11 heteroatoms. The van der Waals surface area contributed by atoms with Crippen LogP contribution in [0.5, 0.6) is 0 Å². The van der Waals surface area contributed by atoms with Crippen LogP contribution < -0.4 is 21.9 Å². The number of carbonyl (C=O) groups is 1. The number of allylic oxidation sites excluding steroid dienone is 1. The molecule has 0 unspecified atom stereocenters. The Kier molecular flexibility index (Phi) is 9.58. The summed E-state index contributed by atoms with van der Waals surface area (Å²) in [6.07, 6.45) is 4.45. The minimum atomic E-state index is -1.38. The molecule has 37 heavy (non-hydrogen) atoms. The van der Waals surface area contributed by atoms with E-state index < -0.39 is 34.7 Å². The van der Waals surface area contributed by atoms with E-state index in [1.54, 1.807) is 0 Å². The van der Waals surface area contributed by atoms with Crippen molar-refractivity contribution in [3.63, 3.8) is 0 Å². The van der Waals surface area contributed by atoms with Crippen molar-refractivity contribution in [2.24, 2.45) is 5.73 Å². The maximum Gasteiger partial charge on any atom is 0.326 e. The molecular formula is C26H29F3N6O2. The molecule has 0 fully saturated rings. The third-order valence-electron chi connectivity index (χ3n) is 5.39. The van der Waals surface area contributed by atoms with Crippen molar-refractivity contribution < 1.29 is 18.0 Å². The van der Waals surface area contributed by atoms with Gasteiger partial charge in [-0.15, -0.1) is 0 Å². The predicted molar refractivity (Wildman–Crippen MR) is 138 cm³/mol. The smallest absolute Gasteiger partial charge is 0.326 e. The number of halogens is 3. The molecule has 0 aliphatic heterocycles. The van der Waals surface area contributed by atoms with Gasteiger partial charge in [0.1, 0.15) is 5.82 Å². The van der Waals surface area contributed by atoms with Crippen molar-refractivity contribution in [2.75, 3.05) is 30.3 Å². The summed E-state index contributed by atoms with van der Waals surface area (Å²) >= 11 is 0. The lowest BCUT2D eigenvalue weighted by Crippen LogP contribution is -2.26. The topological polar surface area (TPSA) is 116 Å². The maximum atomic E-state index is 13.7. The van der Waals surface area contributed by atoms with E-state index in [1.165, 1.54) is 11.8 Å². The van der Waals surface area contributed by atoms with E-state index >= 15 is 0 Å². The number of anilines is 2. The first-order valence-corrected chi connectivity index (χ1v) is 11.6. The fraction of sp³-hybridized carbons (Fsp3) is 0.269. The molecule has 3 aromatic rings. The Morgan fingerprint density at radius 2 is 1.78 bits per heavy atom. The third-order valence-corrected chi connectivity index (χ3v) is 5.39. The average molecular weight is 515 g/mol. The van der Waals surface area contributed by atoms with Crippen LogP contribution in [-0.4, -0.2) is 40.5 Å². The number of aromatic amines is 1. The van der Waals surface area contributed by atoms with Crippen LogP contribution in [0.25, 0.3) is 11.1 Å². The second kappa shape index (κ2) is 12.8. The molecule has 0 aliphatic carbocycles. The Morgan fingerprint density at radius 1 is 1.08 bits per heavy atom. The molecule has 0 bridgehead atoms. The summed E-state index contributed by atoms with van der Waals surface area (Å²) in [5.41, 5.74) is 7.73. The van der Waals surface area contributed by atoms with Crippen LogP contribution in [0.2, 0.25) is 0 Å². The van der Waals surface area contributed by atoms with E-state index in [9.17, 15) is 22.8 Å². The molecule has 0 spiro atoms. The Morgan fingerprint density at radius 3 is 2.43 bits per heavy atom. The van der Waals surface area contributed by atoms with Gasteiger partial charge in [-0.25, -0.2) is 18.0 Å². The number of amides is 2. The zero-order valence-corrected chi connectivity index (χ0v) is 20.6. The summed E-state index contributed by atoms with van der Waals surface area (Å²) in [6.45, 7) is 7.15. The molecular weight excluding hydrogens is 485 g/mol. The summed E-state index contributed by atoms with van der Waals surface area (Å²) in [6, 6.07) is 7.31. The molecule has 2 amide bonds. The number of hydrogen-bond donors (Lipinski definition) is 4. The number of nitrogens with two attached hydrogens (primary N) is 1.